The van der Waals surface area contributed by atoms with E-state index < -0.39 is 10.1 Å². The summed E-state index contributed by atoms with van der Waals surface area (Å²) in [6.45, 7) is 1.92. The van der Waals surface area contributed by atoms with E-state index in [0.29, 0.717) is 5.89 Å². The molecule has 0 aliphatic carbocycles. The molecule has 0 spiro atoms. The van der Waals surface area contributed by atoms with Gasteiger partial charge in [0.2, 0.25) is 5.89 Å². The standard InChI is InChI=1S/C17H17NO4S2/c1-12-15(18-17(22-12)16-6-3-11-23-16)5-2-4-13-7-9-14(10-8-13)24(19,20)21/h3,6-11H,2,4-5H2,1H3,(H,19,20,21). The second kappa shape index (κ2) is 6.88. The minimum Gasteiger partial charge on any atom is -0.440 e. The van der Waals surface area contributed by atoms with E-state index in [2.05, 4.69) is 4.98 Å². The minimum absolute atomic E-state index is 0.0841. The van der Waals surface area contributed by atoms with Crippen molar-refractivity contribution in [2.75, 3.05) is 0 Å². The lowest BCUT2D eigenvalue weighted by atomic mass is 10.1. The average Bonchev–Trinajstić information content (AvgIpc) is 3.17. The summed E-state index contributed by atoms with van der Waals surface area (Å²) in [4.78, 5) is 5.50. The Balaban J connectivity index is 1.61. The molecular formula is C17H17NO4S2. The first-order valence-corrected chi connectivity index (χ1v) is 9.82. The van der Waals surface area contributed by atoms with E-state index in [1.54, 1.807) is 23.5 Å². The van der Waals surface area contributed by atoms with Crippen molar-refractivity contribution in [1.29, 1.82) is 0 Å². The topological polar surface area (TPSA) is 80.4 Å². The molecule has 0 amide bonds. The Morgan fingerprint density at radius 2 is 1.92 bits per heavy atom. The van der Waals surface area contributed by atoms with Gasteiger partial charge in [0.25, 0.3) is 10.1 Å². The van der Waals surface area contributed by atoms with Gasteiger partial charge in [-0.15, -0.1) is 11.3 Å². The summed E-state index contributed by atoms with van der Waals surface area (Å²) in [5.74, 6) is 1.50. The van der Waals surface area contributed by atoms with Crippen LogP contribution in [0.15, 0.2) is 51.1 Å². The van der Waals surface area contributed by atoms with Crippen LogP contribution >= 0.6 is 11.3 Å². The highest BCUT2D eigenvalue weighted by molar-refractivity contribution is 7.85. The maximum Gasteiger partial charge on any atom is 0.294 e. The van der Waals surface area contributed by atoms with Gasteiger partial charge in [-0.3, -0.25) is 4.55 Å². The number of aryl methyl sites for hydroxylation is 3. The van der Waals surface area contributed by atoms with Gasteiger partial charge in [0.05, 0.1) is 15.5 Å². The number of oxazole rings is 1. The molecule has 1 aromatic carbocycles. The fourth-order valence-corrected chi connectivity index (χ4v) is 3.58. The molecule has 0 radical (unpaired) electrons. The maximum absolute atomic E-state index is 11.0. The molecule has 3 aromatic rings. The molecule has 0 saturated heterocycles. The first kappa shape index (κ1) is 16.9. The van der Waals surface area contributed by atoms with Gasteiger partial charge in [0.15, 0.2) is 0 Å². The van der Waals surface area contributed by atoms with Crippen molar-refractivity contribution < 1.29 is 17.4 Å². The van der Waals surface area contributed by atoms with Gasteiger partial charge in [-0.1, -0.05) is 18.2 Å². The molecule has 0 atom stereocenters. The Labute approximate surface area is 144 Å². The van der Waals surface area contributed by atoms with Crippen molar-refractivity contribution in [3.8, 4) is 10.8 Å². The van der Waals surface area contributed by atoms with Crippen molar-refractivity contribution in [2.45, 2.75) is 31.1 Å². The van der Waals surface area contributed by atoms with Crippen LogP contribution < -0.4 is 0 Å². The normalized spacial score (nSPS) is 11.8. The van der Waals surface area contributed by atoms with E-state index in [1.807, 2.05) is 24.4 Å². The zero-order chi connectivity index (χ0) is 17.2. The quantitative estimate of drug-likeness (QED) is 0.666. The molecule has 7 heteroatoms. The second-order valence-corrected chi connectivity index (χ2v) is 7.84. The highest BCUT2D eigenvalue weighted by Gasteiger charge is 2.12. The number of hydrogen-bond donors (Lipinski definition) is 1. The molecule has 24 heavy (non-hydrogen) atoms. The molecule has 1 N–H and O–H groups in total. The second-order valence-electron chi connectivity index (χ2n) is 5.47. The average molecular weight is 363 g/mol. The highest BCUT2D eigenvalue weighted by Crippen LogP contribution is 2.26. The van der Waals surface area contributed by atoms with Crippen LogP contribution in [0.1, 0.15) is 23.4 Å². The summed E-state index contributed by atoms with van der Waals surface area (Å²) in [6.07, 6.45) is 2.47. The van der Waals surface area contributed by atoms with Crippen molar-refractivity contribution in [1.82, 2.24) is 4.98 Å². The Kier molecular flexibility index (Phi) is 4.84. The third-order valence-corrected chi connectivity index (χ3v) is 5.45. The molecule has 2 heterocycles. The summed E-state index contributed by atoms with van der Waals surface area (Å²) >= 11 is 1.60. The van der Waals surface area contributed by atoms with Crippen LogP contribution in [0.3, 0.4) is 0 Å². The Bertz CT molecular complexity index is 910. The van der Waals surface area contributed by atoms with E-state index in [4.69, 9.17) is 8.97 Å². The van der Waals surface area contributed by atoms with Gasteiger partial charge < -0.3 is 4.42 Å². The van der Waals surface area contributed by atoms with Crippen LogP contribution in [-0.4, -0.2) is 18.0 Å². The van der Waals surface area contributed by atoms with Crippen molar-refractivity contribution >= 4 is 21.5 Å². The minimum atomic E-state index is -4.13. The first-order valence-electron chi connectivity index (χ1n) is 7.50. The van der Waals surface area contributed by atoms with Crippen LogP contribution in [0.25, 0.3) is 10.8 Å². The molecule has 0 fully saturated rings. The smallest absolute Gasteiger partial charge is 0.294 e. The van der Waals surface area contributed by atoms with Crippen molar-refractivity contribution in [2.24, 2.45) is 0 Å². The number of benzene rings is 1. The molecule has 5 nitrogen and oxygen atoms in total. The lowest BCUT2D eigenvalue weighted by molar-refractivity contribution is 0.483. The third-order valence-electron chi connectivity index (χ3n) is 3.72. The molecular weight excluding hydrogens is 346 g/mol. The third kappa shape index (κ3) is 3.92. The number of thiophene rings is 1. The van der Waals surface area contributed by atoms with E-state index >= 15 is 0 Å². The SMILES string of the molecule is Cc1oc(-c2cccs2)nc1CCCc1ccc(S(=O)(=O)O)cc1. The molecule has 2 aromatic heterocycles. The lowest BCUT2D eigenvalue weighted by Crippen LogP contribution is -1.98. The summed E-state index contributed by atoms with van der Waals surface area (Å²) in [5, 5.41) is 1.99. The molecule has 0 bridgehead atoms. The maximum atomic E-state index is 11.0. The number of aromatic nitrogens is 1. The Morgan fingerprint density at radius 3 is 2.54 bits per heavy atom. The summed E-state index contributed by atoms with van der Waals surface area (Å²) in [6, 6.07) is 10.2. The van der Waals surface area contributed by atoms with Gasteiger partial charge in [0.1, 0.15) is 5.76 Å². The lowest BCUT2D eigenvalue weighted by Gasteiger charge is -2.02. The zero-order valence-electron chi connectivity index (χ0n) is 13.1. The fraction of sp³-hybridized carbons (Fsp3) is 0.235. The van der Waals surface area contributed by atoms with Crippen LogP contribution in [-0.2, 0) is 23.0 Å². The van der Waals surface area contributed by atoms with Gasteiger partial charge in [-0.25, -0.2) is 4.98 Å². The first-order chi connectivity index (χ1) is 11.4. The largest absolute Gasteiger partial charge is 0.440 e. The summed E-state index contributed by atoms with van der Waals surface area (Å²) in [7, 11) is -4.13. The number of rotatable bonds is 6. The molecule has 0 saturated carbocycles. The Morgan fingerprint density at radius 1 is 1.17 bits per heavy atom. The molecule has 0 aliphatic heterocycles. The highest BCUT2D eigenvalue weighted by atomic mass is 32.2. The zero-order valence-corrected chi connectivity index (χ0v) is 14.7. The van der Waals surface area contributed by atoms with E-state index in [9.17, 15) is 8.42 Å². The van der Waals surface area contributed by atoms with Crippen LogP contribution in [0.4, 0.5) is 0 Å². The van der Waals surface area contributed by atoms with Crippen molar-refractivity contribution in [3.05, 3.63) is 58.8 Å². The molecule has 126 valence electrons. The van der Waals surface area contributed by atoms with E-state index in [0.717, 1.165) is 41.2 Å². The van der Waals surface area contributed by atoms with E-state index in [1.165, 1.54) is 12.1 Å². The summed E-state index contributed by atoms with van der Waals surface area (Å²) < 4.78 is 36.7. The van der Waals surface area contributed by atoms with Gasteiger partial charge in [-0.2, -0.15) is 8.42 Å². The predicted molar refractivity (Wildman–Crippen MR) is 92.8 cm³/mol. The van der Waals surface area contributed by atoms with Gasteiger partial charge >= 0.3 is 0 Å². The van der Waals surface area contributed by atoms with Crippen LogP contribution in [0.5, 0.6) is 0 Å². The fourth-order valence-electron chi connectivity index (χ4n) is 2.45. The molecule has 3 rings (SSSR count). The monoisotopic (exact) mass is 363 g/mol. The molecule has 0 aliphatic rings. The van der Waals surface area contributed by atoms with Crippen LogP contribution in [0.2, 0.25) is 0 Å². The van der Waals surface area contributed by atoms with E-state index in [-0.39, 0.29) is 4.90 Å². The van der Waals surface area contributed by atoms with Crippen LogP contribution in [0, 0.1) is 6.92 Å². The number of nitrogens with zero attached hydrogens (tertiary/aromatic N) is 1. The predicted octanol–water partition coefficient (Wildman–Crippen LogP) is 4.13. The molecule has 0 unspecified atom stereocenters. The van der Waals surface area contributed by atoms with Gasteiger partial charge in [-0.05, 0) is 55.3 Å². The number of hydrogen-bond acceptors (Lipinski definition) is 5. The van der Waals surface area contributed by atoms with Gasteiger partial charge in [0, 0.05) is 0 Å². The Hall–Kier alpha value is -1.96. The summed E-state index contributed by atoms with van der Waals surface area (Å²) in [5.41, 5.74) is 1.97. The van der Waals surface area contributed by atoms with Crippen molar-refractivity contribution in [3.63, 3.8) is 0 Å².